The number of carbonyl (C=O) groups excluding carboxylic acids is 1. The van der Waals surface area contributed by atoms with Gasteiger partial charge in [-0.3, -0.25) is 4.79 Å². The number of hydrogen-bond donors (Lipinski definition) is 0. The summed E-state index contributed by atoms with van der Waals surface area (Å²) in [6, 6.07) is 7.04. The monoisotopic (exact) mass is 441 g/mol. The van der Waals surface area contributed by atoms with Crippen molar-refractivity contribution in [3.05, 3.63) is 35.2 Å². The average molecular weight is 442 g/mol. The molecule has 1 saturated heterocycles. The third kappa shape index (κ3) is 4.95. The molecule has 0 spiro atoms. The van der Waals surface area contributed by atoms with E-state index < -0.39 is 16.1 Å². The average Bonchev–Trinajstić information content (AvgIpc) is 3.16. The lowest BCUT2D eigenvalue weighted by Crippen LogP contribution is -2.49. The fraction of sp³-hybridized carbons (Fsp3) is 0.500. The van der Waals surface area contributed by atoms with E-state index in [1.54, 1.807) is 31.3 Å². The van der Waals surface area contributed by atoms with Gasteiger partial charge in [-0.05, 0) is 37.1 Å². The Hall–Kier alpha value is -2.01. The van der Waals surface area contributed by atoms with Crippen molar-refractivity contribution in [3.63, 3.8) is 0 Å². The molecule has 0 saturated carbocycles. The van der Waals surface area contributed by atoms with Crippen LogP contribution in [0.2, 0.25) is 5.02 Å². The predicted molar refractivity (Wildman–Crippen MR) is 108 cm³/mol. The Morgan fingerprint density at radius 1 is 1.28 bits per heavy atom. The van der Waals surface area contributed by atoms with Crippen molar-refractivity contribution in [1.82, 2.24) is 23.7 Å². The van der Waals surface area contributed by atoms with Crippen LogP contribution in [0.25, 0.3) is 11.4 Å². The molecule has 9 nitrogen and oxygen atoms in total. The van der Waals surface area contributed by atoms with Crippen LogP contribution >= 0.6 is 11.6 Å². The predicted octanol–water partition coefficient (Wildman–Crippen LogP) is 1.87. The van der Waals surface area contributed by atoms with Crippen LogP contribution in [0.3, 0.4) is 0 Å². The van der Waals surface area contributed by atoms with Crippen LogP contribution in [0.5, 0.6) is 0 Å². The van der Waals surface area contributed by atoms with Crippen molar-refractivity contribution >= 4 is 27.7 Å². The molecule has 1 fully saturated rings. The zero-order valence-electron chi connectivity index (χ0n) is 16.6. The number of hydrogen-bond acceptors (Lipinski definition) is 6. The van der Waals surface area contributed by atoms with E-state index >= 15 is 0 Å². The van der Waals surface area contributed by atoms with Crippen molar-refractivity contribution in [1.29, 1.82) is 0 Å². The van der Waals surface area contributed by atoms with Crippen molar-refractivity contribution in [2.45, 2.75) is 19.4 Å². The fourth-order valence-corrected chi connectivity index (χ4v) is 4.53. The lowest BCUT2D eigenvalue weighted by molar-refractivity contribution is -0.136. The van der Waals surface area contributed by atoms with Gasteiger partial charge in [0.25, 0.3) is 10.2 Å². The van der Waals surface area contributed by atoms with Gasteiger partial charge in [-0.25, -0.2) is 0 Å². The summed E-state index contributed by atoms with van der Waals surface area (Å²) in [5.41, 5.74) is 0.759. The molecule has 1 aliphatic rings. The van der Waals surface area contributed by atoms with E-state index in [2.05, 4.69) is 10.1 Å². The minimum atomic E-state index is -3.54. The maximum atomic E-state index is 12.8. The highest BCUT2D eigenvalue weighted by atomic mass is 35.5. The molecule has 0 N–H and O–H groups in total. The van der Waals surface area contributed by atoms with Gasteiger partial charge in [0.15, 0.2) is 0 Å². The molecule has 1 aromatic heterocycles. The Morgan fingerprint density at radius 2 is 1.97 bits per heavy atom. The van der Waals surface area contributed by atoms with E-state index in [1.807, 2.05) is 0 Å². The summed E-state index contributed by atoms with van der Waals surface area (Å²) >= 11 is 5.89. The maximum Gasteiger partial charge on any atom is 0.281 e. The lowest BCUT2D eigenvalue weighted by Gasteiger charge is -2.34. The van der Waals surface area contributed by atoms with E-state index in [-0.39, 0.29) is 19.0 Å². The van der Waals surface area contributed by atoms with Gasteiger partial charge in [0.2, 0.25) is 17.6 Å². The third-order valence-corrected chi connectivity index (χ3v) is 7.00. The van der Waals surface area contributed by atoms with E-state index in [1.165, 1.54) is 27.6 Å². The fourth-order valence-electron chi connectivity index (χ4n) is 3.21. The zero-order chi connectivity index (χ0) is 21.2. The SMILES string of the molecule is CN(Cc1nc(-c2ccc(Cl)cc2)no1)C(=O)C1CCCN(S(=O)(=O)N(C)C)C1. The van der Waals surface area contributed by atoms with Crippen LogP contribution in [0.4, 0.5) is 0 Å². The van der Waals surface area contributed by atoms with Gasteiger partial charge >= 0.3 is 0 Å². The van der Waals surface area contributed by atoms with Gasteiger partial charge in [-0.1, -0.05) is 16.8 Å². The molecule has 1 atom stereocenters. The highest BCUT2D eigenvalue weighted by molar-refractivity contribution is 7.86. The van der Waals surface area contributed by atoms with E-state index in [0.29, 0.717) is 36.1 Å². The second kappa shape index (κ2) is 8.78. The van der Waals surface area contributed by atoms with Crippen LogP contribution in [-0.4, -0.2) is 72.2 Å². The van der Waals surface area contributed by atoms with Gasteiger partial charge in [-0.15, -0.1) is 0 Å². The number of amides is 1. The summed E-state index contributed by atoms with van der Waals surface area (Å²) < 4.78 is 32.5. The quantitative estimate of drug-likeness (QED) is 0.678. The standard InChI is InChI=1S/C18H24ClN5O4S/c1-22(2)29(26,27)24-10-4-5-14(11-24)18(25)23(3)12-16-20-17(21-28-16)13-6-8-15(19)9-7-13/h6-9,14H,4-5,10-12H2,1-3H3. The molecule has 1 aliphatic heterocycles. The van der Waals surface area contributed by atoms with E-state index in [9.17, 15) is 13.2 Å². The summed E-state index contributed by atoms with van der Waals surface area (Å²) in [6.07, 6.45) is 1.28. The van der Waals surface area contributed by atoms with Crippen molar-refractivity contribution in [2.24, 2.45) is 5.92 Å². The summed E-state index contributed by atoms with van der Waals surface area (Å²) in [7, 11) is 1.08. The molecule has 29 heavy (non-hydrogen) atoms. The first-order chi connectivity index (χ1) is 13.7. The first kappa shape index (κ1) is 21.7. The van der Waals surface area contributed by atoms with Crippen molar-refractivity contribution in [3.8, 4) is 11.4 Å². The van der Waals surface area contributed by atoms with Crippen LogP contribution < -0.4 is 0 Å². The van der Waals surface area contributed by atoms with Crippen LogP contribution in [-0.2, 0) is 21.5 Å². The number of aromatic nitrogens is 2. The van der Waals surface area contributed by atoms with Crippen LogP contribution in [0.1, 0.15) is 18.7 Å². The minimum absolute atomic E-state index is 0.144. The highest BCUT2D eigenvalue weighted by Crippen LogP contribution is 2.23. The number of rotatable bonds is 6. The summed E-state index contributed by atoms with van der Waals surface area (Å²) in [5, 5.41) is 4.56. The highest BCUT2D eigenvalue weighted by Gasteiger charge is 2.34. The molecule has 2 heterocycles. The number of nitrogens with zero attached hydrogens (tertiary/aromatic N) is 5. The molecule has 1 aromatic carbocycles. The molecule has 158 valence electrons. The van der Waals surface area contributed by atoms with Crippen molar-refractivity contribution < 1.29 is 17.7 Å². The van der Waals surface area contributed by atoms with Gasteiger partial charge in [-0.2, -0.15) is 22.0 Å². The second-order valence-electron chi connectivity index (χ2n) is 7.20. The van der Waals surface area contributed by atoms with Gasteiger partial charge in [0, 0.05) is 44.8 Å². The smallest absolute Gasteiger partial charge is 0.281 e. The number of benzene rings is 1. The molecular formula is C18H24ClN5O4S. The molecular weight excluding hydrogens is 418 g/mol. The first-order valence-corrected chi connectivity index (χ1v) is 11.0. The van der Waals surface area contributed by atoms with E-state index in [4.69, 9.17) is 16.1 Å². The van der Waals surface area contributed by atoms with Gasteiger partial charge < -0.3 is 9.42 Å². The Balaban J connectivity index is 1.64. The third-order valence-electron chi connectivity index (χ3n) is 4.84. The first-order valence-electron chi connectivity index (χ1n) is 9.19. The Bertz CT molecular complexity index is 961. The molecule has 3 rings (SSSR count). The maximum absolute atomic E-state index is 12.8. The number of piperidine rings is 1. The summed E-state index contributed by atoms with van der Waals surface area (Å²) in [6.45, 7) is 0.738. The van der Waals surface area contributed by atoms with Gasteiger partial charge in [0.05, 0.1) is 12.5 Å². The summed E-state index contributed by atoms with van der Waals surface area (Å²) in [5.74, 6) is 0.176. The van der Waals surface area contributed by atoms with Crippen LogP contribution in [0.15, 0.2) is 28.8 Å². The molecule has 2 aromatic rings. The van der Waals surface area contributed by atoms with Gasteiger partial charge in [0.1, 0.15) is 0 Å². The minimum Gasteiger partial charge on any atom is -0.337 e. The number of carbonyl (C=O) groups is 1. The molecule has 1 unspecified atom stereocenters. The number of halogens is 1. The second-order valence-corrected chi connectivity index (χ2v) is 9.78. The van der Waals surface area contributed by atoms with E-state index in [0.717, 1.165) is 5.56 Å². The molecule has 11 heteroatoms. The normalized spacial score (nSPS) is 18.2. The lowest BCUT2D eigenvalue weighted by atomic mass is 9.98. The van der Waals surface area contributed by atoms with Crippen molar-refractivity contribution in [2.75, 3.05) is 34.2 Å². The topological polar surface area (TPSA) is 99.9 Å². The zero-order valence-corrected chi connectivity index (χ0v) is 18.1. The molecule has 0 aliphatic carbocycles. The molecule has 0 bridgehead atoms. The summed E-state index contributed by atoms with van der Waals surface area (Å²) in [4.78, 5) is 18.7. The largest absolute Gasteiger partial charge is 0.337 e. The molecule has 1 amide bonds. The Morgan fingerprint density at radius 3 is 2.62 bits per heavy atom. The Kier molecular flexibility index (Phi) is 6.57. The molecule has 0 radical (unpaired) electrons. The Labute approximate surface area is 175 Å². The van der Waals surface area contributed by atoms with Crippen LogP contribution in [0, 0.1) is 5.92 Å².